The SMILES string of the molecule is CCO/C=C(/C#N)S(=O)(=O)c1ccc(Cl)cc1. The molecule has 0 aromatic heterocycles. The summed E-state index contributed by atoms with van der Waals surface area (Å²) in [5.74, 6) is 0. The lowest BCUT2D eigenvalue weighted by Gasteiger charge is -2.03. The molecule has 0 spiro atoms. The molecular formula is C11H10ClNO3S. The smallest absolute Gasteiger partial charge is 0.219 e. The Hall–Kier alpha value is -1.51. The van der Waals surface area contributed by atoms with E-state index in [1.807, 2.05) is 0 Å². The van der Waals surface area contributed by atoms with Gasteiger partial charge >= 0.3 is 0 Å². The minimum atomic E-state index is -3.82. The molecule has 0 aliphatic rings. The maximum Gasteiger partial charge on any atom is 0.219 e. The number of nitriles is 1. The third-order valence-corrected chi connectivity index (χ3v) is 3.79. The van der Waals surface area contributed by atoms with E-state index >= 15 is 0 Å². The molecule has 0 unspecified atom stereocenters. The second kappa shape index (κ2) is 5.71. The lowest BCUT2D eigenvalue weighted by Crippen LogP contribution is -2.04. The van der Waals surface area contributed by atoms with Crippen molar-refractivity contribution in [3.63, 3.8) is 0 Å². The van der Waals surface area contributed by atoms with Gasteiger partial charge < -0.3 is 4.74 Å². The van der Waals surface area contributed by atoms with Crippen molar-refractivity contribution in [3.05, 3.63) is 40.5 Å². The molecule has 0 bridgehead atoms. The van der Waals surface area contributed by atoms with Crippen LogP contribution < -0.4 is 0 Å². The Kier molecular flexibility index (Phi) is 4.55. The Bertz CT molecular complexity index is 555. The van der Waals surface area contributed by atoms with Gasteiger partial charge in [-0.15, -0.1) is 0 Å². The monoisotopic (exact) mass is 271 g/mol. The van der Waals surface area contributed by atoms with Gasteiger partial charge in [0.25, 0.3) is 0 Å². The number of halogens is 1. The predicted octanol–water partition coefficient (Wildman–Crippen LogP) is 2.52. The third kappa shape index (κ3) is 3.22. The van der Waals surface area contributed by atoms with Gasteiger partial charge in [0.15, 0.2) is 4.91 Å². The standard InChI is InChI=1S/C11H10ClNO3S/c1-2-16-8-11(7-13)17(14,15)10-5-3-9(12)4-6-10/h3-6,8H,2H2,1H3/b11-8-. The summed E-state index contributed by atoms with van der Waals surface area (Å²) in [5, 5.41) is 9.23. The number of ether oxygens (including phenoxy) is 1. The molecule has 0 aliphatic heterocycles. The number of benzene rings is 1. The van der Waals surface area contributed by atoms with Gasteiger partial charge in [-0.1, -0.05) is 11.6 Å². The van der Waals surface area contributed by atoms with Crippen molar-refractivity contribution in [2.24, 2.45) is 0 Å². The number of hydrogen-bond donors (Lipinski definition) is 0. The number of hydrogen-bond acceptors (Lipinski definition) is 4. The molecule has 1 rings (SSSR count). The Morgan fingerprint density at radius 3 is 2.53 bits per heavy atom. The molecule has 6 heteroatoms. The van der Waals surface area contributed by atoms with Crippen LogP contribution in [0.15, 0.2) is 40.3 Å². The first-order valence-electron chi connectivity index (χ1n) is 4.75. The number of rotatable bonds is 4. The highest BCUT2D eigenvalue weighted by Crippen LogP contribution is 2.20. The predicted molar refractivity (Wildman–Crippen MR) is 64.0 cm³/mol. The summed E-state index contributed by atoms with van der Waals surface area (Å²) in [6.07, 6.45) is 0.948. The zero-order chi connectivity index (χ0) is 12.9. The lowest BCUT2D eigenvalue weighted by atomic mass is 10.4. The Balaban J connectivity index is 3.19. The van der Waals surface area contributed by atoms with Crippen LogP contribution in [0.3, 0.4) is 0 Å². The fourth-order valence-electron chi connectivity index (χ4n) is 1.05. The van der Waals surface area contributed by atoms with E-state index in [9.17, 15) is 8.42 Å². The largest absolute Gasteiger partial charge is 0.499 e. The summed E-state index contributed by atoms with van der Waals surface area (Å²) in [5.41, 5.74) is 0. The number of nitrogens with zero attached hydrogens (tertiary/aromatic N) is 1. The van der Waals surface area contributed by atoms with Crippen molar-refractivity contribution >= 4 is 21.4 Å². The summed E-state index contributed by atoms with van der Waals surface area (Å²) in [6, 6.07) is 7.19. The van der Waals surface area contributed by atoms with E-state index < -0.39 is 14.7 Å². The highest BCUT2D eigenvalue weighted by Gasteiger charge is 2.21. The van der Waals surface area contributed by atoms with Crippen molar-refractivity contribution in [2.45, 2.75) is 11.8 Å². The van der Waals surface area contributed by atoms with Crippen LogP contribution in [0.1, 0.15) is 6.92 Å². The van der Waals surface area contributed by atoms with Crippen LogP contribution in [-0.2, 0) is 14.6 Å². The first-order chi connectivity index (χ1) is 8.02. The number of allylic oxidation sites excluding steroid dienone is 1. The summed E-state index contributed by atoms with van der Waals surface area (Å²) >= 11 is 5.66. The van der Waals surface area contributed by atoms with Crippen molar-refractivity contribution in [2.75, 3.05) is 6.61 Å². The lowest BCUT2D eigenvalue weighted by molar-refractivity contribution is 0.268. The van der Waals surface area contributed by atoms with E-state index in [1.165, 1.54) is 24.3 Å². The molecule has 90 valence electrons. The maximum absolute atomic E-state index is 12.0. The molecule has 0 aliphatic carbocycles. The van der Waals surface area contributed by atoms with E-state index in [2.05, 4.69) is 0 Å². The molecule has 1 aromatic carbocycles. The molecule has 0 saturated carbocycles. The second-order valence-corrected chi connectivity index (χ2v) is 5.36. The topological polar surface area (TPSA) is 67.2 Å². The average molecular weight is 272 g/mol. The van der Waals surface area contributed by atoms with E-state index in [-0.39, 0.29) is 4.90 Å². The zero-order valence-corrected chi connectivity index (χ0v) is 10.6. The Morgan fingerprint density at radius 2 is 2.06 bits per heavy atom. The molecule has 0 saturated heterocycles. The van der Waals surface area contributed by atoms with Crippen molar-refractivity contribution < 1.29 is 13.2 Å². The van der Waals surface area contributed by atoms with Crippen LogP contribution in [0, 0.1) is 11.3 Å². The van der Waals surface area contributed by atoms with E-state index in [4.69, 9.17) is 21.6 Å². The van der Waals surface area contributed by atoms with Crippen LogP contribution in [0.4, 0.5) is 0 Å². The fraction of sp³-hybridized carbons (Fsp3) is 0.182. The summed E-state index contributed by atoms with van der Waals surface area (Å²) in [4.78, 5) is -0.420. The highest BCUT2D eigenvalue weighted by molar-refractivity contribution is 7.95. The van der Waals surface area contributed by atoms with Gasteiger partial charge in [-0.05, 0) is 31.2 Å². The van der Waals surface area contributed by atoms with Gasteiger partial charge in [0, 0.05) is 5.02 Å². The molecular weight excluding hydrogens is 262 g/mol. The molecule has 0 atom stereocenters. The molecule has 1 aromatic rings. The minimum Gasteiger partial charge on any atom is -0.499 e. The maximum atomic E-state index is 12.0. The third-order valence-electron chi connectivity index (χ3n) is 1.88. The minimum absolute atomic E-state index is 0.00871. The molecule has 0 amide bonds. The molecule has 17 heavy (non-hydrogen) atoms. The summed E-state index contributed by atoms with van der Waals surface area (Å²) in [7, 11) is -3.82. The van der Waals surface area contributed by atoms with Crippen molar-refractivity contribution in [1.82, 2.24) is 0 Å². The van der Waals surface area contributed by atoms with Gasteiger partial charge in [-0.3, -0.25) is 0 Å². The van der Waals surface area contributed by atoms with Gasteiger partial charge in [-0.2, -0.15) is 5.26 Å². The molecule has 0 heterocycles. The van der Waals surface area contributed by atoms with Gasteiger partial charge in [0.1, 0.15) is 12.3 Å². The van der Waals surface area contributed by atoms with Crippen molar-refractivity contribution in [3.8, 4) is 6.07 Å². The van der Waals surface area contributed by atoms with E-state index in [0.717, 1.165) is 6.26 Å². The second-order valence-electron chi connectivity index (χ2n) is 3.01. The fourth-order valence-corrected chi connectivity index (χ4v) is 2.24. The van der Waals surface area contributed by atoms with Crippen molar-refractivity contribution in [1.29, 1.82) is 5.26 Å². The van der Waals surface area contributed by atoms with Gasteiger partial charge in [0.05, 0.1) is 11.5 Å². The van der Waals surface area contributed by atoms with Crippen LogP contribution in [0.5, 0.6) is 0 Å². The first-order valence-corrected chi connectivity index (χ1v) is 6.61. The first kappa shape index (κ1) is 13.6. The van der Waals surface area contributed by atoms with Gasteiger partial charge in [0.2, 0.25) is 9.84 Å². The molecule has 0 radical (unpaired) electrons. The summed E-state index contributed by atoms with van der Waals surface area (Å²) < 4.78 is 28.8. The number of sulfone groups is 1. The van der Waals surface area contributed by atoms with Crippen LogP contribution in [0.25, 0.3) is 0 Å². The molecule has 4 nitrogen and oxygen atoms in total. The average Bonchev–Trinajstić information content (AvgIpc) is 2.30. The molecule has 0 N–H and O–H groups in total. The van der Waals surface area contributed by atoms with Crippen LogP contribution in [-0.4, -0.2) is 15.0 Å². The van der Waals surface area contributed by atoms with Crippen LogP contribution in [0.2, 0.25) is 5.02 Å². The highest BCUT2D eigenvalue weighted by atomic mass is 35.5. The van der Waals surface area contributed by atoms with Crippen LogP contribution >= 0.6 is 11.6 Å². The van der Waals surface area contributed by atoms with E-state index in [1.54, 1.807) is 13.0 Å². The normalized spacial score (nSPS) is 11.9. The quantitative estimate of drug-likeness (QED) is 0.623. The van der Waals surface area contributed by atoms with E-state index in [0.29, 0.717) is 11.6 Å². The van der Waals surface area contributed by atoms with Gasteiger partial charge in [-0.25, -0.2) is 8.42 Å². The Labute approximate surface area is 105 Å². The zero-order valence-electron chi connectivity index (χ0n) is 9.05. The summed E-state index contributed by atoms with van der Waals surface area (Å²) in [6.45, 7) is 1.99. The molecule has 0 fully saturated rings. The Morgan fingerprint density at radius 1 is 1.47 bits per heavy atom.